The molecular formula is C30H38N2O6. The molecule has 1 aromatic carbocycles. The van der Waals surface area contributed by atoms with Gasteiger partial charge in [0.15, 0.2) is 0 Å². The summed E-state index contributed by atoms with van der Waals surface area (Å²) in [4.78, 5) is 45.6. The maximum absolute atomic E-state index is 14.5. The van der Waals surface area contributed by atoms with Gasteiger partial charge in [0.25, 0.3) is 0 Å². The second-order valence-electron chi connectivity index (χ2n) is 10.8. The fraction of sp³-hybridized carbons (Fsp3) is 0.567. The molecule has 204 valence electrons. The molecule has 1 unspecified atom stereocenters. The van der Waals surface area contributed by atoms with Gasteiger partial charge in [-0.2, -0.15) is 0 Å². The Labute approximate surface area is 224 Å². The number of hydrogen-bond donors (Lipinski definition) is 1. The van der Waals surface area contributed by atoms with E-state index in [1.54, 1.807) is 4.90 Å². The zero-order chi connectivity index (χ0) is 26.9. The van der Waals surface area contributed by atoms with Gasteiger partial charge >= 0.3 is 5.97 Å². The third-order valence-corrected chi connectivity index (χ3v) is 8.62. The van der Waals surface area contributed by atoms with Crippen LogP contribution < -0.4 is 0 Å². The molecule has 0 radical (unpaired) electrons. The highest BCUT2D eigenvalue weighted by atomic mass is 16.6. The summed E-state index contributed by atoms with van der Waals surface area (Å²) in [6.07, 6.45) is 10.8. The molecule has 2 fully saturated rings. The van der Waals surface area contributed by atoms with Crippen LogP contribution in [0.15, 0.2) is 54.6 Å². The molecule has 0 aromatic heterocycles. The third kappa shape index (κ3) is 4.18. The summed E-state index contributed by atoms with van der Waals surface area (Å²) in [6, 6.07) is 7.97. The average molecular weight is 523 g/mol. The van der Waals surface area contributed by atoms with E-state index in [2.05, 4.69) is 6.92 Å². The van der Waals surface area contributed by atoms with Crippen LogP contribution in [0, 0.1) is 11.8 Å². The number of nitrogens with zero attached hydrogens (tertiary/aromatic N) is 2. The van der Waals surface area contributed by atoms with Crippen LogP contribution in [0.4, 0.5) is 0 Å². The lowest BCUT2D eigenvalue weighted by molar-refractivity contribution is -0.163. The van der Waals surface area contributed by atoms with Crippen molar-refractivity contribution >= 4 is 17.8 Å². The van der Waals surface area contributed by atoms with Gasteiger partial charge in [0.2, 0.25) is 11.8 Å². The van der Waals surface area contributed by atoms with E-state index in [1.165, 1.54) is 4.90 Å². The predicted molar refractivity (Wildman–Crippen MR) is 141 cm³/mol. The van der Waals surface area contributed by atoms with Gasteiger partial charge in [-0.1, -0.05) is 74.9 Å². The summed E-state index contributed by atoms with van der Waals surface area (Å²) < 4.78 is 12.5. The molecule has 6 atom stereocenters. The molecule has 4 heterocycles. The standard InChI is InChI=1S/C30H38N2O6/c1-3-5-16-31-17-11-15-30-23(24-28(36)37-18-10-9-14-29(24,4-2)38-30)26(34)32(25(30)27(31)35)22(20-33)19-21-12-7-6-8-13-21/h6-9,11-15,22-25,33H,3-5,10,16-20H2,1-2H3/t22-,23+,24-,25?,29+,30+/m1/s1. The second-order valence-corrected chi connectivity index (χ2v) is 10.8. The lowest BCUT2D eigenvalue weighted by Crippen LogP contribution is -2.59. The third-order valence-electron chi connectivity index (χ3n) is 8.62. The quantitative estimate of drug-likeness (QED) is 0.417. The fourth-order valence-electron chi connectivity index (χ4n) is 6.79. The number of rotatable bonds is 8. The van der Waals surface area contributed by atoms with E-state index in [1.807, 2.05) is 61.6 Å². The van der Waals surface area contributed by atoms with Gasteiger partial charge < -0.3 is 24.4 Å². The Morgan fingerprint density at radius 1 is 1.05 bits per heavy atom. The van der Waals surface area contributed by atoms with Crippen LogP contribution in [-0.4, -0.2) is 82.3 Å². The number of ether oxygens (including phenoxy) is 2. The normalized spacial score (nSPS) is 33.2. The highest BCUT2D eigenvalue weighted by molar-refractivity contribution is 5.99. The molecule has 5 rings (SSSR count). The molecule has 2 saturated heterocycles. The van der Waals surface area contributed by atoms with Gasteiger partial charge in [0, 0.05) is 13.1 Å². The van der Waals surface area contributed by atoms with Crippen LogP contribution in [-0.2, 0) is 30.3 Å². The van der Waals surface area contributed by atoms with Crippen molar-refractivity contribution in [1.82, 2.24) is 9.80 Å². The number of benzene rings is 1. The van der Waals surface area contributed by atoms with Gasteiger partial charge in [-0.25, -0.2) is 0 Å². The lowest BCUT2D eigenvalue weighted by atomic mass is 9.73. The van der Waals surface area contributed by atoms with Crippen molar-refractivity contribution in [3.05, 3.63) is 60.2 Å². The molecule has 1 N–H and O–H groups in total. The summed E-state index contributed by atoms with van der Waals surface area (Å²) in [6.45, 7) is 4.89. The van der Waals surface area contributed by atoms with Crippen LogP contribution in [0.3, 0.4) is 0 Å². The van der Waals surface area contributed by atoms with Crippen molar-refractivity contribution in [2.24, 2.45) is 11.8 Å². The maximum Gasteiger partial charge on any atom is 0.313 e. The molecule has 8 heteroatoms. The van der Waals surface area contributed by atoms with E-state index in [4.69, 9.17) is 9.47 Å². The minimum atomic E-state index is -1.34. The van der Waals surface area contributed by atoms with E-state index in [9.17, 15) is 19.5 Å². The van der Waals surface area contributed by atoms with Crippen LogP contribution in [0.2, 0.25) is 0 Å². The van der Waals surface area contributed by atoms with Crippen molar-refractivity contribution < 1.29 is 29.0 Å². The Hall–Kier alpha value is -2.97. The van der Waals surface area contributed by atoms with Crippen molar-refractivity contribution in [2.75, 3.05) is 26.3 Å². The summed E-state index contributed by atoms with van der Waals surface area (Å²) in [7, 11) is 0. The number of fused-ring (bicyclic) bond motifs is 2. The fourth-order valence-corrected chi connectivity index (χ4v) is 6.79. The van der Waals surface area contributed by atoms with Gasteiger partial charge in [0.1, 0.15) is 23.2 Å². The van der Waals surface area contributed by atoms with Crippen LogP contribution in [0.5, 0.6) is 0 Å². The molecule has 4 aliphatic rings. The summed E-state index contributed by atoms with van der Waals surface area (Å²) in [5.74, 6) is -2.84. The van der Waals surface area contributed by atoms with Crippen molar-refractivity contribution in [2.45, 2.75) is 69.2 Å². The first kappa shape index (κ1) is 26.6. The number of carbonyl (C=O) groups excluding carboxylic acids is 3. The molecule has 1 aromatic rings. The first-order valence-electron chi connectivity index (χ1n) is 13.9. The van der Waals surface area contributed by atoms with E-state index >= 15 is 0 Å². The van der Waals surface area contributed by atoms with Gasteiger partial charge in [-0.15, -0.1) is 0 Å². The number of amides is 2. The Kier molecular flexibility index (Phi) is 7.47. The summed E-state index contributed by atoms with van der Waals surface area (Å²) in [5.41, 5.74) is -1.45. The van der Waals surface area contributed by atoms with E-state index in [0.29, 0.717) is 32.4 Å². The summed E-state index contributed by atoms with van der Waals surface area (Å²) >= 11 is 0. The van der Waals surface area contributed by atoms with Crippen LogP contribution >= 0.6 is 0 Å². The molecule has 38 heavy (non-hydrogen) atoms. The lowest BCUT2D eigenvalue weighted by Gasteiger charge is -2.41. The zero-order valence-electron chi connectivity index (χ0n) is 22.3. The Bertz CT molecular complexity index is 1120. The first-order valence-corrected chi connectivity index (χ1v) is 13.9. The maximum atomic E-state index is 14.5. The molecule has 1 spiro atoms. The molecule has 2 amide bonds. The van der Waals surface area contributed by atoms with Crippen LogP contribution in [0.1, 0.15) is 45.1 Å². The van der Waals surface area contributed by atoms with Crippen molar-refractivity contribution in [1.29, 1.82) is 0 Å². The van der Waals surface area contributed by atoms with Gasteiger partial charge in [0.05, 0.1) is 25.2 Å². The van der Waals surface area contributed by atoms with Crippen molar-refractivity contribution in [3.8, 4) is 0 Å². The van der Waals surface area contributed by atoms with E-state index in [0.717, 1.165) is 18.4 Å². The monoisotopic (exact) mass is 522 g/mol. The van der Waals surface area contributed by atoms with Crippen molar-refractivity contribution in [3.63, 3.8) is 0 Å². The SMILES string of the molecule is CCCCN1CC=C[C@]23O[C@@]4(CC)C=CCCOC(=O)[C@H]4[C@H]2C(=O)N([C@@H](CO)Cc2ccccc2)C3C1=O. The summed E-state index contributed by atoms with van der Waals surface area (Å²) in [5, 5.41) is 10.6. The number of carbonyl (C=O) groups is 3. The predicted octanol–water partition coefficient (Wildman–Crippen LogP) is 2.65. The highest BCUT2D eigenvalue weighted by Gasteiger charge is 2.75. The number of hydrogen-bond acceptors (Lipinski definition) is 6. The minimum Gasteiger partial charge on any atom is -0.465 e. The molecule has 4 aliphatic heterocycles. The first-order chi connectivity index (χ1) is 18.4. The number of likely N-dealkylation sites (tertiary alicyclic amines) is 1. The molecule has 8 nitrogen and oxygen atoms in total. The molecule has 0 aliphatic carbocycles. The minimum absolute atomic E-state index is 0.205. The second kappa shape index (κ2) is 10.7. The molecule has 0 bridgehead atoms. The van der Waals surface area contributed by atoms with Gasteiger partial charge in [-0.05, 0) is 31.2 Å². The Morgan fingerprint density at radius 2 is 1.84 bits per heavy atom. The topological polar surface area (TPSA) is 96.4 Å². The highest BCUT2D eigenvalue weighted by Crippen LogP contribution is 2.58. The Balaban J connectivity index is 1.64. The largest absolute Gasteiger partial charge is 0.465 e. The average Bonchev–Trinajstić information content (AvgIpc) is 3.28. The van der Waals surface area contributed by atoms with E-state index < -0.39 is 41.1 Å². The zero-order valence-corrected chi connectivity index (χ0v) is 22.3. The van der Waals surface area contributed by atoms with Gasteiger partial charge in [-0.3, -0.25) is 14.4 Å². The Morgan fingerprint density at radius 3 is 2.55 bits per heavy atom. The molecular weight excluding hydrogens is 484 g/mol. The number of unbranched alkanes of at least 4 members (excludes halogenated alkanes) is 1. The van der Waals surface area contributed by atoms with E-state index in [-0.39, 0.29) is 25.0 Å². The molecule has 0 saturated carbocycles. The number of cyclic esters (lactones) is 1. The number of aliphatic hydroxyl groups excluding tert-OH is 1. The number of aliphatic hydroxyl groups is 1. The number of esters is 1. The smallest absolute Gasteiger partial charge is 0.313 e. The van der Waals surface area contributed by atoms with Crippen LogP contribution in [0.25, 0.3) is 0 Å².